The molecule has 0 aliphatic carbocycles. The molecule has 172 valence electrons. The summed E-state index contributed by atoms with van der Waals surface area (Å²) < 4.78 is 1.85. The van der Waals surface area contributed by atoms with Gasteiger partial charge in [-0.3, -0.25) is 19.5 Å². The summed E-state index contributed by atoms with van der Waals surface area (Å²) in [5.74, 6) is -0.257. The Bertz CT molecular complexity index is 1320. The van der Waals surface area contributed by atoms with E-state index in [1.54, 1.807) is 24.3 Å². The van der Waals surface area contributed by atoms with E-state index in [0.717, 1.165) is 22.5 Å². The van der Waals surface area contributed by atoms with Crippen LogP contribution < -0.4 is 5.32 Å². The van der Waals surface area contributed by atoms with Crippen molar-refractivity contribution in [3.05, 3.63) is 101 Å². The van der Waals surface area contributed by atoms with Gasteiger partial charge in [-0.1, -0.05) is 66.2 Å². The first-order chi connectivity index (χ1) is 16.5. The van der Waals surface area contributed by atoms with Gasteiger partial charge in [0.15, 0.2) is 0 Å². The largest absolute Gasteiger partial charge is 0.330 e. The minimum atomic E-state index is -0.346. The number of carbonyl (C=O) groups is 2. The quantitative estimate of drug-likeness (QED) is 0.380. The van der Waals surface area contributed by atoms with Crippen molar-refractivity contribution < 1.29 is 9.59 Å². The molecule has 0 saturated heterocycles. The number of aryl methyl sites for hydroxylation is 1. The Hall–Kier alpha value is -3.90. The van der Waals surface area contributed by atoms with E-state index < -0.39 is 0 Å². The van der Waals surface area contributed by atoms with E-state index in [0.29, 0.717) is 23.1 Å². The van der Waals surface area contributed by atoms with E-state index in [2.05, 4.69) is 10.3 Å². The van der Waals surface area contributed by atoms with Gasteiger partial charge in [-0.15, -0.1) is 0 Å². The summed E-state index contributed by atoms with van der Waals surface area (Å²) in [7, 11) is 0. The lowest BCUT2D eigenvalue weighted by Gasteiger charge is -2.21. The predicted molar refractivity (Wildman–Crippen MR) is 135 cm³/mol. The summed E-state index contributed by atoms with van der Waals surface area (Å²) in [6, 6.07) is 24.5. The van der Waals surface area contributed by atoms with Crippen LogP contribution in [0.25, 0.3) is 16.9 Å². The van der Waals surface area contributed by atoms with Crippen LogP contribution in [-0.4, -0.2) is 39.4 Å². The number of hydrogen-bond acceptors (Lipinski definition) is 3. The topological polar surface area (TPSA) is 67.2 Å². The number of halogens is 1. The van der Waals surface area contributed by atoms with Crippen LogP contribution in [0, 0.1) is 6.92 Å². The van der Waals surface area contributed by atoms with Gasteiger partial charge >= 0.3 is 0 Å². The lowest BCUT2D eigenvalue weighted by Crippen LogP contribution is -2.38. The highest BCUT2D eigenvalue weighted by atomic mass is 35.5. The molecule has 0 unspecified atom stereocenters. The third-order valence-corrected chi connectivity index (χ3v) is 5.74. The molecular formula is C27H25ClN4O2. The second kappa shape index (κ2) is 10.4. The molecule has 0 aliphatic heterocycles. The van der Waals surface area contributed by atoms with Crippen LogP contribution in [0.1, 0.15) is 22.8 Å². The fraction of sp³-hybridized carbons (Fsp3) is 0.148. The molecule has 1 N–H and O–H groups in total. The fourth-order valence-corrected chi connectivity index (χ4v) is 3.88. The Labute approximate surface area is 203 Å². The van der Waals surface area contributed by atoms with Crippen molar-refractivity contribution in [3.63, 3.8) is 0 Å². The number of benzene rings is 3. The van der Waals surface area contributed by atoms with Crippen molar-refractivity contribution in [3.8, 4) is 16.9 Å². The Morgan fingerprint density at radius 2 is 1.74 bits per heavy atom. The molecule has 0 bridgehead atoms. The lowest BCUT2D eigenvalue weighted by molar-refractivity contribution is -0.116. The van der Waals surface area contributed by atoms with Crippen molar-refractivity contribution in [2.45, 2.75) is 13.8 Å². The second-order valence-corrected chi connectivity index (χ2v) is 8.28. The smallest absolute Gasteiger partial charge is 0.255 e. The molecule has 4 aromatic rings. The van der Waals surface area contributed by atoms with Crippen LogP contribution in [0.15, 0.2) is 85.1 Å². The van der Waals surface area contributed by atoms with Crippen LogP contribution in [0.5, 0.6) is 0 Å². The van der Waals surface area contributed by atoms with Gasteiger partial charge in [0.05, 0.1) is 16.3 Å². The van der Waals surface area contributed by atoms with Gasteiger partial charge in [0, 0.05) is 24.0 Å². The van der Waals surface area contributed by atoms with Crippen LogP contribution in [0.2, 0.25) is 5.02 Å². The molecule has 6 nitrogen and oxygen atoms in total. The molecule has 0 atom stereocenters. The molecule has 0 aliphatic rings. The summed E-state index contributed by atoms with van der Waals surface area (Å²) in [5, 5.41) is 3.25. The highest BCUT2D eigenvalue weighted by Gasteiger charge is 2.21. The molecule has 0 spiro atoms. The van der Waals surface area contributed by atoms with Crippen molar-refractivity contribution in [1.82, 2.24) is 14.5 Å². The number of aromatic nitrogens is 2. The Kier molecular flexibility index (Phi) is 7.09. The van der Waals surface area contributed by atoms with Gasteiger partial charge in [-0.05, 0) is 43.7 Å². The van der Waals surface area contributed by atoms with Gasteiger partial charge in [0.2, 0.25) is 11.9 Å². The number of likely N-dealkylation sites (N-methyl/N-ethyl adjacent to an activating group) is 1. The van der Waals surface area contributed by atoms with Crippen molar-refractivity contribution >= 4 is 29.4 Å². The molecule has 1 aromatic heterocycles. The van der Waals surface area contributed by atoms with E-state index in [1.165, 1.54) is 4.90 Å². The predicted octanol–water partition coefficient (Wildman–Crippen LogP) is 5.60. The second-order valence-electron chi connectivity index (χ2n) is 7.87. The van der Waals surface area contributed by atoms with Gasteiger partial charge < -0.3 is 4.90 Å². The third-order valence-electron chi connectivity index (χ3n) is 5.41. The van der Waals surface area contributed by atoms with Gasteiger partial charge in [-0.25, -0.2) is 4.98 Å². The molecule has 3 aromatic carbocycles. The minimum Gasteiger partial charge on any atom is -0.330 e. The monoisotopic (exact) mass is 472 g/mol. The zero-order chi connectivity index (χ0) is 24.1. The number of nitrogens with zero attached hydrogens (tertiary/aromatic N) is 3. The molecule has 2 amide bonds. The molecule has 0 fully saturated rings. The summed E-state index contributed by atoms with van der Waals surface area (Å²) >= 11 is 6.19. The lowest BCUT2D eigenvalue weighted by atomic mass is 10.2. The van der Waals surface area contributed by atoms with E-state index in [1.807, 2.05) is 79.2 Å². The summed E-state index contributed by atoms with van der Waals surface area (Å²) in [6.07, 6.45) is 1.90. The van der Waals surface area contributed by atoms with E-state index in [4.69, 9.17) is 11.6 Å². The maximum atomic E-state index is 13.0. The van der Waals surface area contributed by atoms with E-state index in [-0.39, 0.29) is 18.4 Å². The SMILES string of the molecule is CCN(CC(=O)Nc1nc(-c2ccccc2)cn1-c1cccc(C)c1)C(=O)c1ccccc1Cl. The highest BCUT2D eigenvalue weighted by Crippen LogP contribution is 2.25. The first-order valence-corrected chi connectivity index (χ1v) is 11.4. The number of rotatable bonds is 7. The zero-order valence-corrected chi connectivity index (χ0v) is 19.8. The zero-order valence-electron chi connectivity index (χ0n) is 19.0. The fourth-order valence-electron chi connectivity index (χ4n) is 3.66. The van der Waals surface area contributed by atoms with Gasteiger partial charge in [0.1, 0.15) is 6.54 Å². The van der Waals surface area contributed by atoms with E-state index >= 15 is 0 Å². The number of hydrogen-bond donors (Lipinski definition) is 1. The number of imidazole rings is 1. The standard InChI is InChI=1S/C27H25ClN4O2/c1-3-31(26(34)22-14-7-8-15-23(22)28)18-25(33)30-27-29-24(20-11-5-4-6-12-20)17-32(27)21-13-9-10-19(2)16-21/h4-17H,3,18H2,1-2H3,(H,29,30,33). The summed E-state index contributed by atoms with van der Waals surface area (Å²) in [4.78, 5) is 32.1. The molecular weight excluding hydrogens is 448 g/mol. The van der Waals surface area contributed by atoms with Crippen molar-refractivity contribution in [2.75, 3.05) is 18.4 Å². The maximum absolute atomic E-state index is 13.0. The van der Waals surface area contributed by atoms with Crippen molar-refractivity contribution in [1.29, 1.82) is 0 Å². The van der Waals surface area contributed by atoms with Crippen molar-refractivity contribution in [2.24, 2.45) is 0 Å². The van der Waals surface area contributed by atoms with Crippen LogP contribution in [0.4, 0.5) is 5.95 Å². The average molecular weight is 473 g/mol. The molecule has 1 heterocycles. The highest BCUT2D eigenvalue weighted by molar-refractivity contribution is 6.33. The van der Waals surface area contributed by atoms with Gasteiger partial charge in [-0.2, -0.15) is 0 Å². The van der Waals surface area contributed by atoms with Crippen LogP contribution in [-0.2, 0) is 4.79 Å². The van der Waals surface area contributed by atoms with E-state index in [9.17, 15) is 9.59 Å². The normalized spacial score (nSPS) is 10.7. The molecule has 34 heavy (non-hydrogen) atoms. The third kappa shape index (κ3) is 5.18. The molecule has 7 heteroatoms. The first-order valence-electron chi connectivity index (χ1n) is 11.0. The molecule has 4 rings (SSSR count). The number of carbonyl (C=O) groups excluding carboxylic acids is 2. The average Bonchev–Trinajstić information content (AvgIpc) is 3.26. The van der Waals surface area contributed by atoms with Gasteiger partial charge in [0.25, 0.3) is 5.91 Å². The number of amides is 2. The first kappa shape index (κ1) is 23.3. The number of nitrogens with one attached hydrogen (secondary N) is 1. The Balaban J connectivity index is 1.60. The summed E-state index contributed by atoms with van der Waals surface area (Å²) in [6.45, 7) is 4.07. The Morgan fingerprint density at radius 1 is 1.00 bits per heavy atom. The maximum Gasteiger partial charge on any atom is 0.255 e. The summed E-state index contributed by atoms with van der Waals surface area (Å²) in [5.41, 5.74) is 4.01. The minimum absolute atomic E-state index is 0.123. The Morgan fingerprint density at radius 3 is 2.44 bits per heavy atom. The molecule has 0 radical (unpaired) electrons. The van der Waals surface area contributed by atoms with Crippen LogP contribution >= 0.6 is 11.6 Å². The molecule has 0 saturated carbocycles. The van der Waals surface area contributed by atoms with Crippen LogP contribution in [0.3, 0.4) is 0 Å². The number of anilines is 1.